The lowest BCUT2D eigenvalue weighted by Crippen LogP contribution is -2.24. The fourth-order valence-corrected chi connectivity index (χ4v) is 2.07. The Morgan fingerprint density at radius 1 is 1.12 bits per heavy atom. The number of ketones is 1. The van der Waals surface area contributed by atoms with Gasteiger partial charge < -0.3 is 5.32 Å². The number of hydrogen-bond acceptors (Lipinski definition) is 2. The highest BCUT2D eigenvalue weighted by atomic mass is 16.1. The molecule has 0 spiro atoms. The Bertz CT molecular complexity index is 199. The molecule has 0 saturated carbocycles. The maximum Gasteiger partial charge on any atom is 0.136 e. The molecule has 0 radical (unpaired) electrons. The Morgan fingerprint density at radius 3 is 2.24 bits per heavy atom. The summed E-state index contributed by atoms with van der Waals surface area (Å²) in [6, 6.07) is 0.569. The summed E-state index contributed by atoms with van der Waals surface area (Å²) in [4.78, 5) is 11.9. The molecule has 2 nitrogen and oxygen atoms in total. The SMILES string of the molecule is CC[C@@H](CCCCNC(C)C)C(=O)CC(C)C. The first kappa shape index (κ1) is 16.6. The van der Waals surface area contributed by atoms with Gasteiger partial charge in [-0.2, -0.15) is 0 Å². The molecule has 1 atom stereocenters. The smallest absolute Gasteiger partial charge is 0.136 e. The van der Waals surface area contributed by atoms with Crippen molar-refractivity contribution in [3.8, 4) is 0 Å². The minimum absolute atomic E-state index is 0.302. The molecule has 0 amide bonds. The van der Waals surface area contributed by atoms with Crippen LogP contribution in [0.1, 0.15) is 66.7 Å². The largest absolute Gasteiger partial charge is 0.315 e. The summed E-state index contributed by atoms with van der Waals surface area (Å²) in [5.41, 5.74) is 0. The number of nitrogens with one attached hydrogen (secondary N) is 1. The Labute approximate surface area is 108 Å². The van der Waals surface area contributed by atoms with E-state index in [-0.39, 0.29) is 0 Å². The molecule has 0 unspecified atom stereocenters. The summed E-state index contributed by atoms with van der Waals surface area (Å²) in [7, 11) is 0. The lowest BCUT2D eigenvalue weighted by molar-refractivity contribution is -0.123. The molecule has 0 aliphatic heterocycles. The average molecular weight is 241 g/mol. The molecule has 0 bridgehead atoms. The molecule has 0 aliphatic carbocycles. The van der Waals surface area contributed by atoms with Crippen LogP contribution in [0.4, 0.5) is 0 Å². The van der Waals surface area contributed by atoms with Crippen molar-refractivity contribution < 1.29 is 4.79 Å². The number of unbranched alkanes of at least 4 members (excludes halogenated alkanes) is 1. The zero-order chi connectivity index (χ0) is 13.3. The standard InChI is InChI=1S/C15H31NO/c1-6-14(15(17)11-12(2)3)9-7-8-10-16-13(4)5/h12-14,16H,6-11H2,1-5H3/t14-/m0/s1. The van der Waals surface area contributed by atoms with Crippen molar-refractivity contribution in [3.63, 3.8) is 0 Å². The third kappa shape index (κ3) is 9.34. The van der Waals surface area contributed by atoms with Crippen molar-refractivity contribution >= 4 is 5.78 Å². The van der Waals surface area contributed by atoms with Crippen LogP contribution in [0.25, 0.3) is 0 Å². The van der Waals surface area contributed by atoms with Crippen molar-refractivity contribution in [2.75, 3.05) is 6.54 Å². The number of hydrogen-bond donors (Lipinski definition) is 1. The van der Waals surface area contributed by atoms with E-state index >= 15 is 0 Å². The van der Waals surface area contributed by atoms with Crippen LogP contribution in [-0.4, -0.2) is 18.4 Å². The van der Waals surface area contributed by atoms with E-state index in [2.05, 4.69) is 39.9 Å². The molecule has 2 heteroatoms. The number of carbonyl (C=O) groups excluding carboxylic acids is 1. The zero-order valence-electron chi connectivity index (χ0n) is 12.4. The van der Waals surface area contributed by atoms with Crippen LogP contribution in [0.2, 0.25) is 0 Å². The molecule has 17 heavy (non-hydrogen) atoms. The molecule has 102 valence electrons. The van der Waals surface area contributed by atoms with Crippen LogP contribution in [0, 0.1) is 11.8 Å². The van der Waals surface area contributed by atoms with Gasteiger partial charge in [-0.1, -0.05) is 41.0 Å². The van der Waals surface area contributed by atoms with Gasteiger partial charge in [0.2, 0.25) is 0 Å². The van der Waals surface area contributed by atoms with E-state index in [0.717, 1.165) is 25.8 Å². The summed E-state index contributed by atoms with van der Waals surface area (Å²) >= 11 is 0. The number of Topliss-reactive ketones (excluding diaryl/α,β-unsaturated/α-hetero) is 1. The third-order valence-corrected chi connectivity index (χ3v) is 3.09. The summed E-state index contributed by atoms with van der Waals surface area (Å²) < 4.78 is 0. The van der Waals surface area contributed by atoms with Crippen molar-refractivity contribution in [3.05, 3.63) is 0 Å². The van der Waals surface area contributed by atoms with Gasteiger partial charge in [-0.25, -0.2) is 0 Å². The normalized spacial score (nSPS) is 13.4. The zero-order valence-corrected chi connectivity index (χ0v) is 12.4. The molecule has 0 aromatic heterocycles. The molecule has 0 aliphatic rings. The molecule has 0 aromatic rings. The van der Waals surface area contributed by atoms with E-state index in [0.29, 0.717) is 23.7 Å². The van der Waals surface area contributed by atoms with E-state index < -0.39 is 0 Å². The minimum Gasteiger partial charge on any atom is -0.315 e. The van der Waals surface area contributed by atoms with Gasteiger partial charge in [0.1, 0.15) is 5.78 Å². The Balaban J connectivity index is 3.71. The fraction of sp³-hybridized carbons (Fsp3) is 0.933. The maximum atomic E-state index is 11.9. The van der Waals surface area contributed by atoms with E-state index in [1.807, 2.05) is 0 Å². The number of rotatable bonds is 10. The summed E-state index contributed by atoms with van der Waals surface area (Å²) in [6.07, 6.45) is 5.18. The lowest BCUT2D eigenvalue weighted by atomic mass is 9.90. The van der Waals surface area contributed by atoms with Gasteiger partial charge in [0, 0.05) is 18.4 Å². The van der Waals surface area contributed by atoms with Gasteiger partial charge in [-0.3, -0.25) is 4.79 Å². The molecular weight excluding hydrogens is 210 g/mol. The summed E-state index contributed by atoms with van der Waals surface area (Å²) in [5, 5.41) is 3.41. The first-order chi connectivity index (χ1) is 7.97. The molecule has 0 saturated heterocycles. The average Bonchev–Trinajstić information content (AvgIpc) is 2.21. The van der Waals surface area contributed by atoms with E-state index in [1.165, 1.54) is 12.8 Å². The van der Waals surface area contributed by atoms with Crippen LogP contribution in [0.3, 0.4) is 0 Å². The van der Waals surface area contributed by atoms with Gasteiger partial charge in [0.25, 0.3) is 0 Å². The predicted molar refractivity (Wildman–Crippen MR) is 75.2 cm³/mol. The molecule has 0 rings (SSSR count). The second-order valence-electron chi connectivity index (χ2n) is 5.77. The molecule has 0 aromatic carbocycles. The highest BCUT2D eigenvalue weighted by molar-refractivity contribution is 5.81. The van der Waals surface area contributed by atoms with E-state index in [1.54, 1.807) is 0 Å². The predicted octanol–water partition coefficient (Wildman–Crippen LogP) is 3.80. The first-order valence-electron chi connectivity index (χ1n) is 7.23. The van der Waals surface area contributed by atoms with Crippen molar-refractivity contribution in [2.45, 2.75) is 72.8 Å². The van der Waals surface area contributed by atoms with Gasteiger partial charge in [-0.05, 0) is 31.7 Å². The quantitative estimate of drug-likeness (QED) is 0.589. The Kier molecular flexibility index (Phi) is 9.43. The van der Waals surface area contributed by atoms with Gasteiger partial charge >= 0.3 is 0 Å². The van der Waals surface area contributed by atoms with Crippen LogP contribution < -0.4 is 5.32 Å². The monoisotopic (exact) mass is 241 g/mol. The Morgan fingerprint density at radius 2 is 1.76 bits per heavy atom. The van der Waals surface area contributed by atoms with Crippen LogP contribution >= 0.6 is 0 Å². The highest BCUT2D eigenvalue weighted by Crippen LogP contribution is 2.17. The van der Waals surface area contributed by atoms with Crippen LogP contribution in [0.15, 0.2) is 0 Å². The summed E-state index contributed by atoms with van der Waals surface area (Å²) in [5.74, 6) is 1.27. The second kappa shape index (κ2) is 9.64. The van der Waals surface area contributed by atoms with Crippen molar-refractivity contribution in [2.24, 2.45) is 11.8 Å². The maximum absolute atomic E-state index is 11.9. The lowest BCUT2D eigenvalue weighted by Gasteiger charge is -2.15. The molecule has 0 heterocycles. The van der Waals surface area contributed by atoms with Crippen LogP contribution in [0.5, 0.6) is 0 Å². The second-order valence-corrected chi connectivity index (χ2v) is 5.77. The molecule has 0 fully saturated rings. The minimum atomic E-state index is 0.302. The number of carbonyl (C=O) groups is 1. The van der Waals surface area contributed by atoms with E-state index in [4.69, 9.17) is 0 Å². The summed E-state index contributed by atoms with van der Waals surface area (Å²) in [6.45, 7) is 11.8. The third-order valence-electron chi connectivity index (χ3n) is 3.09. The van der Waals surface area contributed by atoms with Crippen LogP contribution in [-0.2, 0) is 4.79 Å². The van der Waals surface area contributed by atoms with Gasteiger partial charge in [0.15, 0.2) is 0 Å². The van der Waals surface area contributed by atoms with Crippen molar-refractivity contribution in [1.29, 1.82) is 0 Å². The Hall–Kier alpha value is -0.370. The van der Waals surface area contributed by atoms with Gasteiger partial charge in [-0.15, -0.1) is 0 Å². The topological polar surface area (TPSA) is 29.1 Å². The van der Waals surface area contributed by atoms with E-state index in [9.17, 15) is 4.79 Å². The molecule has 1 N–H and O–H groups in total. The first-order valence-corrected chi connectivity index (χ1v) is 7.23. The fourth-order valence-electron chi connectivity index (χ4n) is 2.07. The highest BCUT2D eigenvalue weighted by Gasteiger charge is 2.16. The molecular formula is C15H31NO. The van der Waals surface area contributed by atoms with Crippen molar-refractivity contribution in [1.82, 2.24) is 5.32 Å². The van der Waals surface area contributed by atoms with Gasteiger partial charge in [0.05, 0.1) is 0 Å².